The van der Waals surface area contributed by atoms with E-state index in [2.05, 4.69) is 5.32 Å². The smallest absolute Gasteiger partial charge is 0.243 e. The molecule has 1 unspecified atom stereocenters. The SMILES string of the molecule is Cc1ccc(S(=O)(=O)N(C)CC(=O)NC(c2ccccc2)c2ccccc2C)cc1. The summed E-state index contributed by atoms with van der Waals surface area (Å²) < 4.78 is 26.7. The van der Waals surface area contributed by atoms with E-state index in [-0.39, 0.29) is 23.4 Å². The molecule has 30 heavy (non-hydrogen) atoms. The highest BCUT2D eigenvalue weighted by molar-refractivity contribution is 7.89. The van der Waals surface area contributed by atoms with Gasteiger partial charge in [-0.15, -0.1) is 0 Å². The Morgan fingerprint density at radius 3 is 2.13 bits per heavy atom. The van der Waals surface area contributed by atoms with E-state index < -0.39 is 10.0 Å². The predicted molar refractivity (Wildman–Crippen MR) is 119 cm³/mol. The normalized spacial score (nSPS) is 12.5. The molecule has 6 heteroatoms. The Morgan fingerprint density at radius 2 is 1.50 bits per heavy atom. The van der Waals surface area contributed by atoms with E-state index in [9.17, 15) is 13.2 Å². The van der Waals surface area contributed by atoms with Crippen molar-refractivity contribution in [3.63, 3.8) is 0 Å². The van der Waals surface area contributed by atoms with E-state index in [1.165, 1.54) is 7.05 Å². The van der Waals surface area contributed by atoms with Crippen molar-refractivity contribution in [1.29, 1.82) is 0 Å². The van der Waals surface area contributed by atoms with Gasteiger partial charge in [-0.25, -0.2) is 8.42 Å². The second-order valence-corrected chi connectivity index (χ2v) is 9.39. The number of sulfonamides is 1. The number of amides is 1. The first kappa shape index (κ1) is 21.7. The Hall–Kier alpha value is -2.96. The maximum Gasteiger partial charge on any atom is 0.243 e. The summed E-state index contributed by atoms with van der Waals surface area (Å²) in [6.07, 6.45) is 0. The highest BCUT2D eigenvalue weighted by Gasteiger charge is 2.25. The molecule has 3 rings (SSSR count). The zero-order chi connectivity index (χ0) is 21.7. The lowest BCUT2D eigenvalue weighted by Crippen LogP contribution is -2.40. The number of carbonyl (C=O) groups excluding carboxylic acids is 1. The minimum absolute atomic E-state index is 0.168. The molecule has 0 bridgehead atoms. The molecule has 0 spiro atoms. The first-order valence-electron chi connectivity index (χ1n) is 9.72. The summed E-state index contributed by atoms with van der Waals surface area (Å²) in [5.41, 5.74) is 3.93. The average Bonchev–Trinajstić information content (AvgIpc) is 2.73. The summed E-state index contributed by atoms with van der Waals surface area (Å²) in [5.74, 6) is -0.370. The van der Waals surface area contributed by atoms with E-state index >= 15 is 0 Å². The van der Waals surface area contributed by atoms with Crippen LogP contribution in [0.5, 0.6) is 0 Å². The van der Waals surface area contributed by atoms with Crippen LogP contribution in [-0.2, 0) is 14.8 Å². The van der Waals surface area contributed by atoms with Crippen LogP contribution >= 0.6 is 0 Å². The summed E-state index contributed by atoms with van der Waals surface area (Å²) in [4.78, 5) is 13.0. The van der Waals surface area contributed by atoms with Gasteiger partial charge in [-0.05, 0) is 42.7 Å². The van der Waals surface area contributed by atoms with Crippen LogP contribution in [0.2, 0.25) is 0 Å². The molecule has 0 radical (unpaired) electrons. The molecule has 156 valence electrons. The van der Waals surface area contributed by atoms with Crippen molar-refractivity contribution in [2.45, 2.75) is 24.8 Å². The molecule has 0 aliphatic rings. The number of aryl methyl sites for hydroxylation is 2. The molecule has 0 aliphatic heterocycles. The van der Waals surface area contributed by atoms with Gasteiger partial charge in [0.1, 0.15) is 0 Å². The number of nitrogens with zero attached hydrogens (tertiary/aromatic N) is 1. The van der Waals surface area contributed by atoms with Crippen LogP contribution in [0.3, 0.4) is 0 Å². The number of rotatable bonds is 7. The number of benzene rings is 3. The molecule has 0 aliphatic carbocycles. The lowest BCUT2D eigenvalue weighted by Gasteiger charge is -2.23. The van der Waals surface area contributed by atoms with Crippen molar-refractivity contribution in [3.8, 4) is 0 Å². The minimum atomic E-state index is -3.75. The number of nitrogens with one attached hydrogen (secondary N) is 1. The Labute approximate surface area is 178 Å². The Bertz CT molecular complexity index is 1110. The van der Waals surface area contributed by atoms with Crippen LogP contribution in [0.4, 0.5) is 0 Å². The molecule has 1 amide bonds. The van der Waals surface area contributed by atoms with Crippen LogP contribution < -0.4 is 5.32 Å². The highest BCUT2D eigenvalue weighted by Crippen LogP contribution is 2.25. The number of likely N-dealkylation sites (N-methyl/N-ethyl adjacent to an activating group) is 1. The third-order valence-corrected chi connectivity index (χ3v) is 6.85. The van der Waals surface area contributed by atoms with Gasteiger partial charge >= 0.3 is 0 Å². The maximum atomic E-state index is 12.8. The summed E-state index contributed by atoms with van der Waals surface area (Å²) in [5, 5.41) is 3.01. The predicted octanol–water partition coefficient (Wildman–Crippen LogP) is 3.83. The van der Waals surface area contributed by atoms with Gasteiger partial charge in [0.05, 0.1) is 17.5 Å². The van der Waals surface area contributed by atoms with E-state index in [1.807, 2.05) is 68.4 Å². The molecule has 5 nitrogen and oxygen atoms in total. The van der Waals surface area contributed by atoms with Crippen LogP contribution in [0.1, 0.15) is 28.3 Å². The van der Waals surface area contributed by atoms with Crippen molar-refractivity contribution < 1.29 is 13.2 Å². The fraction of sp³-hybridized carbons (Fsp3) is 0.208. The summed E-state index contributed by atoms with van der Waals surface area (Å²) in [6, 6.07) is 23.7. The summed E-state index contributed by atoms with van der Waals surface area (Å²) >= 11 is 0. The molecule has 3 aromatic carbocycles. The van der Waals surface area contributed by atoms with E-state index in [4.69, 9.17) is 0 Å². The lowest BCUT2D eigenvalue weighted by molar-refractivity contribution is -0.121. The van der Waals surface area contributed by atoms with Crippen molar-refractivity contribution in [1.82, 2.24) is 9.62 Å². The quantitative estimate of drug-likeness (QED) is 0.629. The topological polar surface area (TPSA) is 66.5 Å². The first-order chi connectivity index (χ1) is 14.3. The lowest BCUT2D eigenvalue weighted by atomic mass is 9.95. The molecule has 3 aromatic rings. The molecule has 0 saturated carbocycles. The van der Waals surface area contributed by atoms with Gasteiger partial charge < -0.3 is 5.32 Å². The maximum absolute atomic E-state index is 12.8. The van der Waals surface area contributed by atoms with Gasteiger partial charge in [0.2, 0.25) is 15.9 Å². The monoisotopic (exact) mass is 422 g/mol. The zero-order valence-electron chi connectivity index (χ0n) is 17.4. The number of carbonyl (C=O) groups is 1. The second-order valence-electron chi connectivity index (χ2n) is 7.34. The highest BCUT2D eigenvalue weighted by atomic mass is 32.2. The minimum Gasteiger partial charge on any atom is -0.344 e. The molecule has 0 aromatic heterocycles. The average molecular weight is 423 g/mol. The van der Waals surface area contributed by atoms with Gasteiger partial charge in [-0.3, -0.25) is 4.79 Å². The Morgan fingerprint density at radius 1 is 0.900 bits per heavy atom. The summed E-state index contributed by atoms with van der Waals surface area (Å²) in [6.45, 7) is 3.61. The van der Waals surface area contributed by atoms with Crippen LogP contribution in [0.15, 0.2) is 83.8 Å². The second kappa shape index (κ2) is 9.24. The molecule has 0 fully saturated rings. The molecule has 0 saturated heterocycles. The van der Waals surface area contributed by atoms with Crippen molar-refractivity contribution in [2.24, 2.45) is 0 Å². The summed E-state index contributed by atoms with van der Waals surface area (Å²) in [7, 11) is -2.33. The number of hydrogen-bond acceptors (Lipinski definition) is 3. The van der Waals surface area contributed by atoms with Crippen LogP contribution in [0, 0.1) is 13.8 Å². The van der Waals surface area contributed by atoms with Crippen LogP contribution in [-0.4, -0.2) is 32.2 Å². The molecule has 0 heterocycles. The molecular formula is C24H26N2O3S. The Kier molecular flexibility index (Phi) is 6.70. The van der Waals surface area contributed by atoms with E-state index in [0.29, 0.717) is 0 Å². The number of hydrogen-bond donors (Lipinski definition) is 1. The largest absolute Gasteiger partial charge is 0.344 e. The van der Waals surface area contributed by atoms with Crippen LogP contribution in [0.25, 0.3) is 0 Å². The molecular weight excluding hydrogens is 396 g/mol. The van der Waals surface area contributed by atoms with Gasteiger partial charge in [-0.2, -0.15) is 4.31 Å². The van der Waals surface area contributed by atoms with E-state index in [1.54, 1.807) is 24.3 Å². The van der Waals surface area contributed by atoms with Crippen molar-refractivity contribution in [3.05, 3.63) is 101 Å². The standard InChI is InChI=1S/C24H26N2O3S/c1-18-13-15-21(16-14-18)30(28,29)26(3)17-23(27)25-24(20-10-5-4-6-11-20)22-12-8-7-9-19(22)2/h4-16,24H,17H2,1-3H3,(H,25,27). The fourth-order valence-electron chi connectivity index (χ4n) is 3.28. The fourth-order valence-corrected chi connectivity index (χ4v) is 4.41. The van der Waals surface area contributed by atoms with Gasteiger partial charge in [-0.1, -0.05) is 72.3 Å². The third-order valence-electron chi connectivity index (χ3n) is 5.03. The van der Waals surface area contributed by atoms with Crippen molar-refractivity contribution >= 4 is 15.9 Å². The van der Waals surface area contributed by atoms with Gasteiger partial charge in [0.15, 0.2) is 0 Å². The molecule has 1 atom stereocenters. The third kappa shape index (κ3) is 4.96. The van der Waals surface area contributed by atoms with Gasteiger partial charge in [0.25, 0.3) is 0 Å². The molecule has 1 N–H and O–H groups in total. The van der Waals surface area contributed by atoms with Gasteiger partial charge in [0, 0.05) is 7.05 Å². The van der Waals surface area contributed by atoms with E-state index in [0.717, 1.165) is 26.6 Å². The zero-order valence-corrected chi connectivity index (χ0v) is 18.2. The van der Waals surface area contributed by atoms with Crippen molar-refractivity contribution in [2.75, 3.05) is 13.6 Å². The first-order valence-corrected chi connectivity index (χ1v) is 11.2. The Balaban J connectivity index is 1.81.